The molecule has 2 aromatic rings. The van der Waals surface area contributed by atoms with Gasteiger partial charge in [-0.1, -0.05) is 44.2 Å². The highest BCUT2D eigenvalue weighted by atomic mass is 19.1. The van der Waals surface area contributed by atoms with E-state index in [-0.39, 0.29) is 11.3 Å². The van der Waals surface area contributed by atoms with Crippen molar-refractivity contribution in [1.82, 2.24) is 0 Å². The largest absolute Gasteiger partial charge is 0.478 e. The van der Waals surface area contributed by atoms with E-state index < -0.39 is 11.8 Å². The number of aromatic carboxylic acids is 1. The second-order valence-electron chi connectivity index (χ2n) is 5.22. The smallest absolute Gasteiger partial charge is 0.340 e. The molecule has 0 heterocycles. The molecule has 2 aromatic carbocycles. The lowest BCUT2D eigenvalue weighted by molar-refractivity contribution is 0.0693. The molecule has 0 atom stereocenters. The van der Waals surface area contributed by atoms with Gasteiger partial charge in [-0.3, -0.25) is 0 Å². The van der Waals surface area contributed by atoms with E-state index in [4.69, 9.17) is 5.11 Å². The molecule has 110 valence electrons. The molecule has 0 aromatic heterocycles. The van der Waals surface area contributed by atoms with Gasteiger partial charge in [0.1, 0.15) is 11.4 Å². The summed E-state index contributed by atoms with van der Waals surface area (Å²) in [7, 11) is 0. The number of carboxylic acids is 1. The summed E-state index contributed by atoms with van der Waals surface area (Å²) in [4.78, 5) is 11.1. The van der Waals surface area contributed by atoms with E-state index >= 15 is 0 Å². The van der Waals surface area contributed by atoms with E-state index in [0.717, 1.165) is 11.6 Å². The topological polar surface area (TPSA) is 49.3 Å². The SMILES string of the molecule is CC(C)c1ccc(CNc2cccc(F)c2C(=O)O)cc1. The van der Waals surface area contributed by atoms with Crippen molar-refractivity contribution < 1.29 is 14.3 Å². The van der Waals surface area contributed by atoms with Gasteiger partial charge in [-0.2, -0.15) is 0 Å². The Balaban J connectivity index is 2.13. The van der Waals surface area contributed by atoms with Crippen LogP contribution in [-0.4, -0.2) is 11.1 Å². The van der Waals surface area contributed by atoms with Crippen LogP contribution >= 0.6 is 0 Å². The number of carboxylic acid groups (broad SMARTS) is 1. The third-order valence-corrected chi connectivity index (χ3v) is 3.36. The second-order valence-corrected chi connectivity index (χ2v) is 5.22. The van der Waals surface area contributed by atoms with Crippen LogP contribution in [0.3, 0.4) is 0 Å². The highest BCUT2D eigenvalue weighted by Gasteiger charge is 2.15. The van der Waals surface area contributed by atoms with Crippen LogP contribution in [0.1, 0.15) is 41.3 Å². The van der Waals surface area contributed by atoms with Crippen LogP contribution in [0.2, 0.25) is 0 Å². The summed E-state index contributed by atoms with van der Waals surface area (Å²) in [6.45, 7) is 4.69. The maximum atomic E-state index is 13.5. The minimum atomic E-state index is -1.27. The molecule has 0 fully saturated rings. The molecule has 0 amide bonds. The Morgan fingerprint density at radius 3 is 2.43 bits per heavy atom. The molecule has 0 bridgehead atoms. The Morgan fingerprint density at radius 2 is 1.86 bits per heavy atom. The van der Waals surface area contributed by atoms with Crippen molar-refractivity contribution in [2.45, 2.75) is 26.3 Å². The molecule has 2 N–H and O–H groups in total. The predicted molar refractivity (Wildman–Crippen MR) is 81.2 cm³/mol. The van der Waals surface area contributed by atoms with Crippen LogP contribution in [0, 0.1) is 5.82 Å². The highest BCUT2D eigenvalue weighted by molar-refractivity contribution is 5.94. The lowest BCUT2D eigenvalue weighted by atomic mass is 10.0. The number of nitrogens with one attached hydrogen (secondary N) is 1. The van der Waals surface area contributed by atoms with E-state index in [1.54, 1.807) is 6.07 Å². The molecule has 0 unspecified atom stereocenters. The van der Waals surface area contributed by atoms with Crippen LogP contribution in [0.25, 0.3) is 0 Å². The first-order valence-corrected chi connectivity index (χ1v) is 6.83. The van der Waals surface area contributed by atoms with Crippen molar-refractivity contribution in [3.8, 4) is 0 Å². The fourth-order valence-corrected chi connectivity index (χ4v) is 2.11. The quantitative estimate of drug-likeness (QED) is 0.864. The van der Waals surface area contributed by atoms with Crippen LogP contribution in [0.15, 0.2) is 42.5 Å². The molecular weight excluding hydrogens is 269 g/mol. The van der Waals surface area contributed by atoms with E-state index in [0.29, 0.717) is 12.5 Å². The highest BCUT2D eigenvalue weighted by Crippen LogP contribution is 2.20. The van der Waals surface area contributed by atoms with Gasteiger partial charge < -0.3 is 10.4 Å². The average Bonchev–Trinajstić information content (AvgIpc) is 2.45. The maximum Gasteiger partial charge on any atom is 0.340 e. The number of hydrogen-bond donors (Lipinski definition) is 2. The molecular formula is C17H18FNO2. The van der Waals surface area contributed by atoms with E-state index in [1.165, 1.54) is 11.6 Å². The zero-order valence-electron chi connectivity index (χ0n) is 12.1. The second kappa shape index (κ2) is 6.39. The van der Waals surface area contributed by atoms with Gasteiger partial charge in [-0.25, -0.2) is 9.18 Å². The summed E-state index contributed by atoms with van der Waals surface area (Å²) in [5.74, 6) is -1.54. The molecule has 0 aliphatic carbocycles. The lowest BCUT2D eigenvalue weighted by Crippen LogP contribution is -2.08. The van der Waals surface area contributed by atoms with Crippen LogP contribution in [0.4, 0.5) is 10.1 Å². The van der Waals surface area contributed by atoms with E-state index in [2.05, 4.69) is 19.2 Å². The number of hydrogen-bond acceptors (Lipinski definition) is 2. The third kappa shape index (κ3) is 3.60. The summed E-state index contributed by atoms with van der Waals surface area (Å²) < 4.78 is 13.5. The zero-order chi connectivity index (χ0) is 15.4. The molecule has 2 rings (SSSR count). The number of anilines is 1. The number of rotatable bonds is 5. The first-order chi connectivity index (χ1) is 9.99. The van der Waals surface area contributed by atoms with Crippen LogP contribution < -0.4 is 5.32 Å². The maximum absolute atomic E-state index is 13.5. The van der Waals surface area contributed by atoms with Crippen molar-refractivity contribution in [1.29, 1.82) is 0 Å². The molecule has 0 aliphatic heterocycles. The monoisotopic (exact) mass is 287 g/mol. The average molecular weight is 287 g/mol. The van der Waals surface area contributed by atoms with E-state index in [1.807, 2.05) is 24.3 Å². The molecule has 0 saturated carbocycles. The minimum absolute atomic E-state index is 0.287. The van der Waals surface area contributed by atoms with Gasteiger partial charge in [0, 0.05) is 6.54 Å². The fraction of sp³-hybridized carbons (Fsp3) is 0.235. The van der Waals surface area contributed by atoms with Crippen LogP contribution in [-0.2, 0) is 6.54 Å². The van der Waals surface area contributed by atoms with Gasteiger partial charge in [-0.05, 0) is 29.2 Å². The van der Waals surface area contributed by atoms with Crippen molar-refractivity contribution in [2.75, 3.05) is 5.32 Å². The lowest BCUT2D eigenvalue weighted by Gasteiger charge is -2.11. The van der Waals surface area contributed by atoms with Gasteiger partial charge in [0.2, 0.25) is 0 Å². The van der Waals surface area contributed by atoms with Crippen molar-refractivity contribution in [3.63, 3.8) is 0 Å². The van der Waals surface area contributed by atoms with Gasteiger partial charge in [-0.15, -0.1) is 0 Å². The molecule has 4 heteroatoms. The summed E-state index contributed by atoms with van der Waals surface area (Å²) in [6, 6.07) is 12.3. The number of carbonyl (C=O) groups is 1. The molecule has 0 aliphatic rings. The molecule has 3 nitrogen and oxygen atoms in total. The Hall–Kier alpha value is -2.36. The molecule has 0 saturated heterocycles. The van der Waals surface area contributed by atoms with Gasteiger partial charge in [0.05, 0.1) is 5.69 Å². The zero-order valence-corrected chi connectivity index (χ0v) is 12.1. The summed E-state index contributed by atoms with van der Waals surface area (Å²) in [5, 5.41) is 12.0. The Bertz CT molecular complexity index is 636. The molecule has 0 radical (unpaired) electrons. The summed E-state index contributed by atoms with van der Waals surface area (Å²) in [5.41, 5.74) is 2.22. The van der Waals surface area contributed by atoms with Crippen molar-refractivity contribution in [2.24, 2.45) is 0 Å². The van der Waals surface area contributed by atoms with Crippen molar-refractivity contribution in [3.05, 3.63) is 65.0 Å². The molecule has 0 spiro atoms. The number of benzene rings is 2. The van der Waals surface area contributed by atoms with E-state index in [9.17, 15) is 9.18 Å². The predicted octanol–water partition coefficient (Wildman–Crippen LogP) is 4.26. The van der Waals surface area contributed by atoms with Gasteiger partial charge in [0.25, 0.3) is 0 Å². The first kappa shape index (κ1) is 15.0. The standard InChI is InChI=1S/C17H18FNO2/c1-11(2)13-8-6-12(7-9-13)10-19-15-5-3-4-14(18)16(15)17(20)21/h3-9,11,19H,10H2,1-2H3,(H,20,21). The first-order valence-electron chi connectivity index (χ1n) is 6.83. The minimum Gasteiger partial charge on any atom is -0.478 e. The summed E-state index contributed by atoms with van der Waals surface area (Å²) in [6.07, 6.45) is 0. The number of halogens is 1. The molecule has 21 heavy (non-hydrogen) atoms. The van der Waals surface area contributed by atoms with Crippen LogP contribution in [0.5, 0.6) is 0 Å². The fourth-order valence-electron chi connectivity index (χ4n) is 2.11. The Kier molecular flexibility index (Phi) is 4.58. The third-order valence-electron chi connectivity index (χ3n) is 3.36. The van der Waals surface area contributed by atoms with Gasteiger partial charge >= 0.3 is 5.97 Å². The van der Waals surface area contributed by atoms with Gasteiger partial charge in [0.15, 0.2) is 0 Å². The normalized spacial score (nSPS) is 10.7. The summed E-state index contributed by atoms with van der Waals surface area (Å²) >= 11 is 0. The van der Waals surface area contributed by atoms with Crippen molar-refractivity contribution >= 4 is 11.7 Å². The Labute approximate surface area is 123 Å². The Morgan fingerprint density at radius 1 is 1.19 bits per heavy atom.